The first kappa shape index (κ1) is 16.2. The molecule has 20 heavy (non-hydrogen) atoms. The molecule has 0 aliphatic rings. The number of carbonyl (C=O) groups is 1. The Balaban J connectivity index is 2.41. The van der Waals surface area contributed by atoms with E-state index in [0.29, 0.717) is 19.5 Å². The van der Waals surface area contributed by atoms with Gasteiger partial charge in [0, 0.05) is 19.5 Å². The second-order valence-electron chi connectivity index (χ2n) is 5.12. The van der Waals surface area contributed by atoms with Crippen LogP contribution in [0.5, 0.6) is 0 Å². The number of hydrogen-bond donors (Lipinski definition) is 1. The van der Waals surface area contributed by atoms with E-state index in [0.717, 1.165) is 0 Å². The fraction of sp³-hybridized carbons (Fsp3) is 0.500. The maximum Gasteiger partial charge on any atom is 0.237 e. The lowest BCUT2D eigenvalue weighted by molar-refractivity contribution is -0.125. The van der Waals surface area contributed by atoms with Gasteiger partial charge in [-0.15, -0.1) is 0 Å². The third-order valence-electron chi connectivity index (χ3n) is 3.57. The minimum atomic E-state index is -0.216. The van der Waals surface area contributed by atoms with E-state index in [1.165, 1.54) is 5.56 Å². The van der Waals surface area contributed by atoms with Gasteiger partial charge in [0.15, 0.2) is 0 Å². The molecule has 0 radical (unpaired) electrons. The van der Waals surface area contributed by atoms with Gasteiger partial charge in [0.25, 0.3) is 0 Å². The van der Waals surface area contributed by atoms with Crippen molar-refractivity contribution in [3.8, 4) is 6.07 Å². The molecule has 2 atom stereocenters. The largest absolute Gasteiger partial charge is 0.354 e. The third-order valence-corrected chi connectivity index (χ3v) is 3.57. The minimum absolute atomic E-state index is 0.00761. The zero-order chi connectivity index (χ0) is 15.0. The maximum atomic E-state index is 12.0. The van der Waals surface area contributed by atoms with Crippen molar-refractivity contribution < 1.29 is 4.79 Å². The lowest BCUT2D eigenvalue weighted by atomic mass is 10.0. The van der Waals surface area contributed by atoms with Crippen molar-refractivity contribution in [3.63, 3.8) is 0 Å². The first-order valence-electron chi connectivity index (χ1n) is 6.96. The van der Waals surface area contributed by atoms with Crippen molar-refractivity contribution in [2.24, 2.45) is 0 Å². The molecule has 1 amide bonds. The van der Waals surface area contributed by atoms with Gasteiger partial charge in [-0.25, -0.2) is 0 Å². The van der Waals surface area contributed by atoms with Gasteiger partial charge in [0.1, 0.15) is 0 Å². The monoisotopic (exact) mass is 273 g/mol. The van der Waals surface area contributed by atoms with Gasteiger partial charge in [-0.05, 0) is 25.5 Å². The van der Waals surface area contributed by atoms with Crippen LogP contribution in [0.4, 0.5) is 0 Å². The molecule has 108 valence electrons. The molecule has 4 heteroatoms. The Bertz CT molecular complexity index is 453. The summed E-state index contributed by atoms with van der Waals surface area (Å²) in [6.07, 6.45) is 0.439. The zero-order valence-electron chi connectivity index (χ0n) is 12.5. The van der Waals surface area contributed by atoms with Gasteiger partial charge in [-0.2, -0.15) is 5.26 Å². The van der Waals surface area contributed by atoms with Gasteiger partial charge < -0.3 is 5.32 Å². The Morgan fingerprint density at radius 1 is 1.35 bits per heavy atom. The molecule has 0 saturated carbocycles. The number of nitriles is 1. The van der Waals surface area contributed by atoms with Crippen LogP contribution in [0.2, 0.25) is 0 Å². The molecule has 1 aromatic carbocycles. The molecule has 0 fully saturated rings. The number of nitrogens with zero attached hydrogens (tertiary/aromatic N) is 2. The quantitative estimate of drug-likeness (QED) is 0.828. The molecule has 2 unspecified atom stereocenters. The van der Waals surface area contributed by atoms with E-state index >= 15 is 0 Å². The van der Waals surface area contributed by atoms with Crippen LogP contribution in [0, 0.1) is 11.3 Å². The van der Waals surface area contributed by atoms with Crippen LogP contribution in [0.3, 0.4) is 0 Å². The fourth-order valence-corrected chi connectivity index (χ4v) is 1.92. The predicted molar refractivity (Wildman–Crippen MR) is 80.2 cm³/mol. The van der Waals surface area contributed by atoms with E-state index in [1.807, 2.05) is 37.1 Å². The average Bonchev–Trinajstić information content (AvgIpc) is 2.49. The van der Waals surface area contributed by atoms with Crippen molar-refractivity contribution in [1.82, 2.24) is 10.2 Å². The van der Waals surface area contributed by atoms with Gasteiger partial charge in [-0.3, -0.25) is 9.69 Å². The van der Waals surface area contributed by atoms with Crippen molar-refractivity contribution in [1.29, 1.82) is 5.26 Å². The van der Waals surface area contributed by atoms with Crippen molar-refractivity contribution in [3.05, 3.63) is 35.9 Å². The third kappa shape index (κ3) is 5.02. The molecule has 0 aromatic heterocycles. The highest BCUT2D eigenvalue weighted by Gasteiger charge is 2.18. The predicted octanol–water partition coefficient (Wildman–Crippen LogP) is 2.14. The summed E-state index contributed by atoms with van der Waals surface area (Å²) in [6, 6.07) is 12.0. The second-order valence-corrected chi connectivity index (χ2v) is 5.12. The standard InChI is InChI=1S/C16H23N3O/c1-13(15-8-5-4-6-9-15)12-18-16(20)14(2)19(3)11-7-10-17/h4-6,8-9,13-14H,7,11-12H2,1-3H3,(H,18,20). The van der Waals surface area contributed by atoms with E-state index in [2.05, 4.69) is 30.4 Å². The first-order chi connectivity index (χ1) is 9.56. The number of likely N-dealkylation sites (N-methyl/N-ethyl adjacent to an activating group) is 1. The van der Waals surface area contributed by atoms with Gasteiger partial charge in [0.05, 0.1) is 12.1 Å². The Hall–Kier alpha value is -1.86. The maximum absolute atomic E-state index is 12.0. The molecule has 0 bridgehead atoms. The Morgan fingerprint density at radius 3 is 2.60 bits per heavy atom. The summed E-state index contributed by atoms with van der Waals surface area (Å²) in [6.45, 7) is 5.19. The lowest BCUT2D eigenvalue weighted by Gasteiger charge is -2.23. The smallest absolute Gasteiger partial charge is 0.237 e. The van der Waals surface area contributed by atoms with Gasteiger partial charge in [-0.1, -0.05) is 37.3 Å². The molecule has 0 aliphatic heterocycles. The van der Waals surface area contributed by atoms with Gasteiger partial charge in [0.2, 0.25) is 5.91 Å². The topological polar surface area (TPSA) is 56.1 Å². The van der Waals surface area contributed by atoms with Crippen molar-refractivity contribution >= 4 is 5.91 Å². The van der Waals surface area contributed by atoms with Gasteiger partial charge >= 0.3 is 0 Å². The highest BCUT2D eigenvalue weighted by atomic mass is 16.2. The Morgan fingerprint density at radius 2 is 2.00 bits per heavy atom. The normalized spacial score (nSPS) is 13.6. The van der Waals surface area contributed by atoms with E-state index in [1.54, 1.807) is 0 Å². The minimum Gasteiger partial charge on any atom is -0.354 e. The van der Waals surface area contributed by atoms with Crippen LogP contribution in [0.25, 0.3) is 0 Å². The van der Waals surface area contributed by atoms with E-state index in [4.69, 9.17) is 5.26 Å². The molecule has 4 nitrogen and oxygen atoms in total. The summed E-state index contributed by atoms with van der Waals surface area (Å²) in [5.74, 6) is 0.296. The Labute approximate surface area is 121 Å². The lowest BCUT2D eigenvalue weighted by Crippen LogP contribution is -2.44. The molecule has 0 aliphatic carbocycles. The molecule has 0 saturated heterocycles. The number of amides is 1. The van der Waals surface area contributed by atoms with Crippen molar-refractivity contribution in [2.75, 3.05) is 20.1 Å². The number of carbonyl (C=O) groups excluding carboxylic acids is 1. The number of rotatable bonds is 7. The van der Waals surface area contributed by atoms with E-state index < -0.39 is 0 Å². The molecule has 1 aromatic rings. The van der Waals surface area contributed by atoms with Crippen LogP contribution < -0.4 is 5.32 Å². The Kier molecular flexibility index (Phi) is 6.75. The van der Waals surface area contributed by atoms with E-state index in [9.17, 15) is 4.79 Å². The SMILES string of the molecule is CC(CNC(=O)C(C)N(C)CCC#N)c1ccccc1. The van der Waals surface area contributed by atoms with Crippen LogP contribution in [0.1, 0.15) is 31.7 Å². The van der Waals surface area contributed by atoms with Crippen LogP contribution in [-0.2, 0) is 4.79 Å². The average molecular weight is 273 g/mol. The molecule has 0 heterocycles. The van der Waals surface area contributed by atoms with Crippen molar-refractivity contribution in [2.45, 2.75) is 32.2 Å². The molecular formula is C16H23N3O. The first-order valence-corrected chi connectivity index (χ1v) is 6.96. The summed E-state index contributed by atoms with van der Waals surface area (Å²) < 4.78 is 0. The zero-order valence-corrected chi connectivity index (χ0v) is 12.5. The van der Waals surface area contributed by atoms with Crippen LogP contribution in [-0.4, -0.2) is 37.0 Å². The molecule has 1 rings (SSSR count). The highest BCUT2D eigenvalue weighted by Crippen LogP contribution is 2.13. The summed E-state index contributed by atoms with van der Waals surface area (Å²) in [5.41, 5.74) is 1.22. The highest BCUT2D eigenvalue weighted by molar-refractivity contribution is 5.81. The number of benzene rings is 1. The van der Waals surface area contributed by atoms with E-state index in [-0.39, 0.29) is 17.9 Å². The summed E-state index contributed by atoms with van der Waals surface area (Å²) in [7, 11) is 1.86. The van der Waals surface area contributed by atoms with Crippen LogP contribution >= 0.6 is 0 Å². The number of hydrogen-bond acceptors (Lipinski definition) is 3. The summed E-state index contributed by atoms with van der Waals surface area (Å²) in [5, 5.41) is 11.5. The van der Waals surface area contributed by atoms with Crippen LogP contribution in [0.15, 0.2) is 30.3 Å². The fourth-order valence-electron chi connectivity index (χ4n) is 1.92. The molecular weight excluding hydrogens is 250 g/mol. The molecule has 1 N–H and O–H groups in total. The second kappa shape index (κ2) is 8.34. The molecule has 0 spiro atoms. The summed E-state index contributed by atoms with van der Waals surface area (Å²) >= 11 is 0. The number of nitrogens with one attached hydrogen (secondary N) is 1. The summed E-state index contributed by atoms with van der Waals surface area (Å²) in [4.78, 5) is 13.9.